The molecular formula is C26H38N2O8S. The van der Waals surface area contributed by atoms with Gasteiger partial charge in [0.15, 0.2) is 0 Å². The fraction of sp³-hybridized carbons (Fsp3) is 0.615. The molecule has 0 radical (unpaired) electrons. The molecule has 2 heterocycles. The van der Waals surface area contributed by atoms with Crippen molar-refractivity contribution < 1.29 is 38.1 Å². The predicted molar refractivity (Wildman–Crippen MR) is 140 cm³/mol. The average Bonchev–Trinajstić information content (AvgIpc) is 3.09. The summed E-state index contributed by atoms with van der Waals surface area (Å²) in [6.07, 6.45) is 7.56. The van der Waals surface area contributed by atoms with Gasteiger partial charge in [-0.15, -0.1) is 0 Å². The Morgan fingerprint density at radius 2 is 1.54 bits per heavy atom. The van der Waals surface area contributed by atoms with Gasteiger partial charge in [0.2, 0.25) is 5.91 Å². The van der Waals surface area contributed by atoms with Crippen LogP contribution in [0, 0.1) is 0 Å². The number of fused-ring (bicyclic) bond motifs is 1. The zero-order chi connectivity index (χ0) is 27.0. The van der Waals surface area contributed by atoms with E-state index in [1.807, 2.05) is 6.92 Å². The van der Waals surface area contributed by atoms with Crippen LogP contribution in [0.15, 0.2) is 18.2 Å². The van der Waals surface area contributed by atoms with E-state index in [9.17, 15) is 19.2 Å². The van der Waals surface area contributed by atoms with E-state index in [4.69, 9.17) is 18.9 Å². The summed E-state index contributed by atoms with van der Waals surface area (Å²) in [7, 11) is -0.774. The van der Waals surface area contributed by atoms with Crippen LogP contribution >= 0.6 is 10.0 Å². The number of amides is 4. The second kappa shape index (κ2) is 13.4. The first kappa shape index (κ1) is 29.1. The van der Waals surface area contributed by atoms with Gasteiger partial charge in [0, 0.05) is 18.8 Å². The zero-order valence-electron chi connectivity index (χ0n) is 22.2. The van der Waals surface area contributed by atoms with Gasteiger partial charge in [-0.2, -0.15) is 0 Å². The lowest BCUT2D eigenvalue weighted by Crippen LogP contribution is -2.56. The summed E-state index contributed by atoms with van der Waals surface area (Å²) in [5.74, 6) is -0.809. The Hall–Kier alpha value is -2.47. The highest BCUT2D eigenvalue weighted by molar-refractivity contribution is 8.32. The highest BCUT2D eigenvalue weighted by Gasteiger charge is 2.47. The molecule has 1 unspecified atom stereocenters. The summed E-state index contributed by atoms with van der Waals surface area (Å²) in [6, 6.07) is 3.60. The molecule has 2 aliphatic heterocycles. The van der Waals surface area contributed by atoms with Crippen molar-refractivity contribution >= 4 is 33.7 Å². The van der Waals surface area contributed by atoms with Crippen LogP contribution in [0.4, 0.5) is 0 Å². The first-order valence-corrected chi connectivity index (χ1v) is 15.5. The van der Waals surface area contributed by atoms with Crippen molar-refractivity contribution in [3.05, 3.63) is 29.3 Å². The fourth-order valence-corrected chi connectivity index (χ4v) is 4.58. The molecule has 1 atom stereocenters. The number of nitrogens with zero attached hydrogens (tertiary/aromatic N) is 2. The van der Waals surface area contributed by atoms with Gasteiger partial charge in [-0.3, -0.25) is 29.0 Å². The Kier molecular flexibility index (Phi) is 10.5. The molecule has 37 heavy (non-hydrogen) atoms. The highest BCUT2D eigenvalue weighted by atomic mass is 32.3. The molecule has 0 spiro atoms. The minimum absolute atomic E-state index is 0.0511. The van der Waals surface area contributed by atoms with Crippen molar-refractivity contribution in [2.24, 2.45) is 0 Å². The maximum absolute atomic E-state index is 13.2. The van der Waals surface area contributed by atoms with Gasteiger partial charge in [-0.1, -0.05) is 6.92 Å². The van der Waals surface area contributed by atoms with E-state index >= 15 is 0 Å². The molecule has 1 aromatic carbocycles. The molecular weight excluding hydrogens is 500 g/mol. The third-order valence-electron chi connectivity index (χ3n) is 5.96. The molecule has 1 saturated heterocycles. The Labute approximate surface area is 219 Å². The number of carbonyl (C=O) groups is 4. The number of hydrogen-bond acceptors (Lipinski definition) is 8. The molecule has 4 amide bonds. The first-order chi connectivity index (χ1) is 17.6. The molecule has 11 heteroatoms. The van der Waals surface area contributed by atoms with Gasteiger partial charge in [0.05, 0.1) is 37.6 Å². The van der Waals surface area contributed by atoms with Gasteiger partial charge in [-0.25, -0.2) is 10.0 Å². The van der Waals surface area contributed by atoms with E-state index < -0.39 is 33.8 Å². The number of likely N-dealkylation sites (tertiary alicyclic amines) is 1. The quantitative estimate of drug-likeness (QED) is 0.247. The van der Waals surface area contributed by atoms with Gasteiger partial charge >= 0.3 is 0 Å². The van der Waals surface area contributed by atoms with Crippen molar-refractivity contribution in [3.8, 4) is 5.75 Å². The number of rotatable bonds is 15. The van der Waals surface area contributed by atoms with Gasteiger partial charge in [-0.05, 0) is 49.8 Å². The molecule has 0 saturated carbocycles. The summed E-state index contributed by atoms with van der Waals surface area (Å²) in [6.45, 7) is 4.59. The second-order valence-corrected chi connectivity index (χ2v) is 14.4. The van der Waals surface area contributed by atoms with E-state index in [-0.39, 0.29) is 43.2 Å². The smallest absolute Gasteiger partial charge is 0.262 e. The molecule has 0 aliphatic carbocycles. The number of benzene rings is 1. The van der Waals surface area contributed by atoms with Crippen molar-refractivity contribution in [2.75, 3.05) is 70.9 Å². The van der Waals surface area contributed by atoms with Crippen LogP contribution < -0.4 is 4.74 Å². The molecule has 0 N–H and O–H groups in total. The summed E-state index contributed by atoms with van der Waals surface area (Å²) in [4.78, 5) is 53.8. The van der Waals surface area contributed by atoms with Crippen LogP contribution in [0.2, 0.25) is 0 Å². The van der Waals surface area contributed by atoms with E-state index in [0.29, 0.717) is 38.8 Å². The van der Waals surface area contributed by atoms with Gasteiger partial charge in [0.1, 0.15) is 25.1 Å². The molecule has 0 aromatic heterocycles. The standard InChI is InChI=1S/C26H38N2O8S/c1-5-10-33-11-12-34-13-14-36-19-6-7-20-21(17-19)25(31)28(24(20)30)22-8-9-23(29)27(26(22)32)18-35-15-16-37(2,3)4/h6-7,17,22H,5,8-16,18H2,1-4H3. The summed E-state index contributed by atoms with van der Waals surface area (Å²) >= 11 is 0. The Morgan fingerprint density at radius 3 is 2.24 bits per heavy atom. The average molecular weight is 539 g/mol. The SMILES string of the molecule is CCCOCCOCCOc1ccc2c(c1)C(=O)N(C1CCC(=O)N(COCCS(C)(C)C)C1=O)C2=O. The van der Waals surface area contributed by atoms with Crippen LogP contribution in [-0.2, 0) is 23.8 Å². The van der Waals surface area contributed by atoms with E-state index in [2.05, 4.69) is 18.8 Å². The van der Waals surface area contributed by atoms with E-state index in [1.165, 1.54) is 12.1 Å². The summed E-state index contributed by atoms with van der Waals surface area (Å²) in [5.41, 5.74) is 0.388. The fourth-order valence-electron chi connectivity index (χ4n) is 3.96. The Morgan fingerprint density at radius 1 is 0.865 bits per heavy atom. The van der Waals surface area contributed by atoms with Crippen LogP contribution in [0.3, 0.4) is 0 Å². The van der Waals surface area contributed by atoms with E-state index in [0.717, 1.165) is 22.0 Å². The third-order valence-corrected chi connectivity index (χ3v) is 7.35. The summed E-state index contributed by atoms with van der Waals surface area (Å²) in [5, 5.41) is 0. The zero-order valence-corrected chi connectivity index (χ0v) is 23.0. The van der Waals surface area contributed by atoms with Crippen LogP contribution in [0.5, 0.6) is 5.75 Å². The first-order valence-electron chi connectivity index (χ1n) is 12.5. The lowest BCUT2D eigenvalue weighted by molar-refractivity contribution is -0.157. The van der Waals surface area contributed by atoms with Gasteiger partial charge < -0.3 is 18.9 Å². The largest absolute Gasteiger partial charge is 0.491 e. The monoisotopic (exact) mass is 538 g/mol. The number of imide groups is 2. The maximum Gasteiger partial charge on any atom is 0.262 e. The number of piperidine rings is 1. The minimum atomic E-state index is -1.05. The molecule has 10 nitrogen and oxygen atoms in total. The van der Waals surface area contributed by atoms with Crippen molar-refractivity contribution in [3.63, 3.8) is 0 Å². The van der Waals surface area contributed by atoms with Crippen molar-refractivity contribution in [1.82, 2.24) is 9.80 Å². The minimum Gasteiger partial charge on any atom is -0.491 e. The third kappa shape index (κ3) is 7.76. The highest BCUT2D eigenvalue weighted by Crippen LogP contribution is 2.34. The summed E-state index contributed by atoms with van der Waals surface area (Å²) < 4.78 is 22.1. The number of ether oxygens (including phenoxy) is 4. The molecule has 206 valence electrons. The topological polar surface area (TPSA) is 112 Å². The molecule has 0 bridgehead atoms. The molecule has 1 aromatic rings. The Bertz CT molecular complexity index is 993. The van der Waals surface area contributed by atoms with Crippen LogP contribution in [-0.4, -0.2) is 110 Å². The lowest BCUT2D eigenvalue weighted by atomic mass is 10.0. The van der Waals surface area contributed by atoms with Crippen LogP contribution in [0.1, 0.15) is 46.9 Å². The number of hydrogen-bond donors (Lipinski definition) is 0. The van der Waals surface area contributed by atoms with Crippen molar-refractivity contribution in [1.29, 1.82) is 0 Å². The number of carbonyl (C=O) groups excluding carboxylic acids is 4. The van der Waals surface area contributed by atoms with E-state index in [1.54, 1.807) is 6.07 Å². The molecule has 1 fully saturated rings. The molecule has 2 aliphatic rings. The Balaban J connectivity index is 1.57. The second-order valence-electron chi connectivity index (χ2n) is 9.81. The molecule has 3 rings (SSSR count). The maximum atomic E-state index is 13.2. The van der Waals surface area contributed by atoms with Crippen LogP contribution in [0.25, 0.3) is 0 Å². The predicted octanol–water partition coefficient (Wildman–Crippen LogP) is 2.29. The normalized spacial score (nSPS) is 18.5. The van der Waals surface area contributed by atoms with Gasteiger partial charge in [0.25, 0.3) is 17.7 Å². The lowest BCUT2D eigenvalue weighted by Gasteiger charge is -2.34. The van der Waals surface area contributed by atoms with Crippen molar-refractivity contribution in [2.45, 2.75) is 32.2 Å².